The van der Waals surface area contributed by atoms with Crippen molar-refractivity contribution < 1.29 is 9.84 Å². The third kappa shape index (κ3) is 3.34. The van der Waals surface area contributed by atoms with Gasteiger partial charge in [0, 0.05) is 37.6 Å². The smallest absolute Gasteiger partial charge is 0.127 e. The highest BCUT2D eigenvalue weighted by Gasteiger charge is 2.20. The summed E-state index contributed by atoms with van der Waals surface area (Å²) in [5.41, 5.74) is 1.13. The van der Waals surface area contributed by atoms with Crippen LogP contribution >= 0.6 is 0 Å². The first-order valence-electron chi connectivity index (χ1n) is 6.50. The molecule has 18 heavy (non-hydrogen) atoms. The molecule has 5 heteroatoms. The Bertz CT molecular complexity index is 373. The zero-order chi connectivity index (χ0) is 12.8. The number of morpholine rings is 1. The van der Waals surface area contributed by atoms with Crippen molar-refractivity contribution in [2.75, 3.05) is 43.1 Å². The third-order valence-corrected chi connectivity index (χ3v) is 3.01. The Morgan fingerprint density at radius 2 is 2.50 bits per heavy atom. The van der Waals surface area contributed by atoms with E-state index in [2.05, 4.69) is 28.2 Å². The molecule has 5 nitrogen and oxygen atoms in total. The number of pyridine rings is 1. The molecule has 0 radical (unpaired) electrons. The number of nitrogens with one attached hydrogen (secondary N) is 1. The van der Waals surface area contributed by atoms with Crippen LogP contribution in [0.4, 0.5) is 11.5 Å². The molecule has 0 aliphatic carbocycles. The van der Waals surface area contributed by atoms with Crippen molar-refractivity contribution >= 4 is 11.5 Å². The van der Waals surface area contributed by atoms with Crippen molar-refractivity contribution in [2.45, 2.75) is 19.4 Å². The van der Waals surface area contributed by atoms with Crippen molar-refractivity contribution in [2.24, 2.45) is 0 Å². The summed E-state index contributed by atoms with van der Waals surface area (Å²) in [6.45, 7) is 5.37. The molecule has 0 amide bonds. The topological polar surface area (TPSA) is 57.6 Å². The van der Waals surface area contributed by atoms with E-state index in [9.17, 15) is 0 Å². The molecule has 1 saturated heterocycles. The second-order valence-corrected chi connectivity index (χ2v) is 4.45. The average Bonchev–Trinajstić information content (AvgIpc) is 2.45. The number of hydrogen-bond donors (Lipinski definition) is 2. The molecule has 100 valence electrons. The first kappa shape index (κ1) is 13.1. The van der Waals surface area contributed by atoms with Gasteiger partial charge in [0.25, 0.3) is 0 Å². The van der Waals surface area contributed by atoms with Gasteiger partial charge in [0.1, 0.15) is 5.82 Å². The van der Waals surface area contributed by atoms with Gasteiger partial charge in [0.2, 0.25) is 0 Å². The van der Waals surface area contributed by atoms with Crippen molar-refractivity contribution in [1.29, 1.82) is 0 Å². The molecule has 1 fully saturated rings. The van der Waals surface area contributed by atoms with Crippen LogP contribution in [-0.4, -0.2) is 49.0 Å². The van der Waals surface area contributed by atoms with Gasteiger partial charge in [0.15, 0.2) is 0 Å². The molecule has 0 aromatic carbocycles. The molecule has 0 bridgehead atoms. The highest BCUT2D eigenvalue weighted by molar-refractivity contribution is 5.54. The van der Waals surface area contributed by atoms with E-state index in [4.69, 9.17) is 9.84 Å². The lowest BCUT2D eigenvalue weighted by molar-refractivity contribution is 0.00357. The Kier molecular flexibility index (Phi) is 4.78. The predicted molar refractivity (Wildman–Crippen MR) is 72.1 cm³/mol. The maximum atomic E-state index is 9.15. The molecular weight excluding hydrogens is 230 g/mol. The van der Waals surface area contributed by atoms with E-state index in [0.717, 1.165) is 37.6 Å². The lowest BCUT2D eigenvalue weighted by atomic mass is 10.2. The van der Waals surface area contributed by atoms with Gasteiger partial charge in [-0.2, -0.15) is 0 Å². The number of aliphatic hydroxyl groups excluding tert-OH is 1. The first-order valence-corrected chi connectivity index (χ1v) is 6.50. The van der Waals surface area contributed by atoms with Crippen LogP contribution in [0, 0.1) is 0 Å². The minimum atomic E-state index is -0.0843. The van der Waals surface area contributed by atoms with Gasteiger partial charge < -0.3 is 20.1 Å². The van der Waals surface area contributed by atoms with E-state index in [-0.39, 0.29) is 12.7 Å². The molecule has 1 aliphatic rings. The Labute approximate surface area is 108 Å². The number of aliphatic hydroxyl groups is 1. The molecule has 0 saturated carbocycles. The van der Waals surface area contributed by atoms with Crippen LogP contribution < -0.4 is 10.2 Å². The molecule has 1 aliphatic heterocycles. The Morgan fingerprint density at radius 3 is 3.28 bits per heavy atom. The van der Waals surface area contributed by atoms with Gasteiger partial charge in [-0.05, 0) is 12.5 Å². The Balaban J connectivity index is 2.02. The second kappa shape index (κ2) is 6.56. The standard InChI is InChI=1S/C13H21N3O2/c1-2-4-14-13-8-11(3-5-15-13)16-6-7-18-12(9-16)10-17/h3,5,8,12,17H,2,4,6-7,9-10H2,1H3,(H,14,15). The van der Waals surface area contributed by atoms with E-state index in [1.807, 2.05) is 12.3 Å². The number of nitrogens with zero attached hydrogens (tertiary/aromatic N) is 2. The first-order chi connectivity index (χ1) is 8.83. The molecule has 2 heterocycles. The molecule has 0 spiro atoms. The molecule has 2 rings (SSSR count). The number of hydrogen-bond acceptors (Lipinski definition) is 5. The fourth-order valence-electron chi connectivity index (χ4n) is 2.03. The normalized spacial score (nSPS) is 19.9. The lowest BCUT2D eigenvalue weighted by Crippen LogP contribution is -2.44. The zero-order valence-electron chi connectivity index (χ0n) is 10.8. The van der Waals surface area contributed by atoms with E-state index >= 15 is 0 Å². The van der Waals surface area contributed by atoms with E-state index in [1.54, 1.807) is 0 Å². The maximum Gasteiger partial charge on any atom is 0.127 e. The summed E-state index contributed by atoms with van der Waals surface area (Å²) in [4.78, 5) is 6.52. The maximum absolute atomic E-state index is 9.15. The predicted octanol–water partition coefficient (Wildman–Crippen LogP) is 1.10. The SMILES string of the molecule is CCCNc1cc(N2CCOC(CO)C2)ccn1. The number of rotatable bonds is 5. The van der Waals surface area contributed by atoms with Crippen LogP contribution in [0.2, 0.25) is 0 Å². The average molecular weight is 251 g/mol. The van der Waals surface area contributed by atoms with Gasteiger partial charge in [0.05, 0.1) is 19.3 Å². The van der Waals surface area contributed by atoms with Crippen LogP contribution in [0.1, 0.15) is 13.3 Å². The zero-order valence-corrected chi connectivity index (χ0v) is 10.8. The lowest BCUT2D eigenvalue weighted by Gasteiger charge is -2.33. The molecule has 1 unspecified atom stereocenters. The number of aromatic nitrogens is 1. The van der Waals surface area contributed by atoms with Crippen LogP contribution in [0.5, 0.6) is 0 Å². The van der Waals surface area contributed by atoms with Gasteiger partial charge in [-0.3, -0.25) is 0 Å². The Hall–Kier alpha value is -1.33. The third-order valence-electron chi connectivity index (χ3n) is 3.01. The fourth-order valence-corrected chi connectivity index (χ4v) is 2.03. The van der Waals surface area contributed by atoms with Crippen LogP contribution in [0.25, 0.3) is 0 Å². The van der Waals surface area contributed by atoms with Gasteiger partial charge in [-0.15, -0.1) is 0 Å². The van der Waals surface area contributed by atoms with E-state index in [1.165, 1.54) is 0 Å². The summed E-state index contributed by atoms with van der Waals surface area (Å²) < 4.78 is 5.45. The highest BCUT2D eigenvalue weighted by atomic mass is 16.5. The quantitative estimate of drug-likeness (QED) is 0.820. The van der Waals surface area contributed by atoms with Crippen LogP contribution in [0.15, 0.2) is 18.3 Å². The van der Waals surface area contributed by atoms with E-state index < -0.39 is 0 Å². The second-order valence-electron chi connectivity index (χ2n) is 4.45. The minimum Gasteiger partial charge on any atom is -0.394 e. The van der Waals surface area contributed by atoms with Gasteiger partial charge >= 0.3 is 0 Å². The summed E-state index contributed by atoms with van der Waals surface area (Å²) in [5.74, 6) is 0.904. The number of anilines is 2. The molecule has 1 aromatic rings. The van der Waals surface area contributed by atoms with Crippen LogP contribution in [-0.2, 0) is 4.74 Å². The summed E-state index contributed by atoms with van der Waals surface area (Å²) in [7, 11) is 0. The monoisotopic (exact) mass is 251 g/mol. The largest absolute Gasteiger partial charge is 0.394 e. The summed E-state index contributed by atoms with van der Waals surface area (Å²) in [6.07, 6.45) is 2.81. The summed E-state index contributed by atoms with van der Waals surface area (Å²) >= 11 is 0. The van der Waals surface area contributed by atoms with Gasteiger partial charge in [-0.1, -0.05) is 6.92 Å². The van der Waals surface area contributed by atoms with Crippen LogP contribution in [0.3, 0.4) is 0 Å². The highest BCUT2D eigenvalue weighted by Crippen LogP contribution is 2.19. The summed E-state index contributed by atoms with van der Waals surface area (Å²) in [5, 5.41) is 12.4. The van der Waals surface area contributed by atoms with Crippen molar-refractivity contribution in [1.82, 2.24) is 4.98 Å². The van der Waals surface area contributed by atoms with Gasteiger partial charge in [-0.25, -0.2) is 4.98 Å². The van der Waals surface area contributed by atoms with Crippen molar-refractivity contribution in [3.63, 3.8) is 0 Å². The fraction of sp³-hybridized carbons (Fsp3) is 0.615. The number of ether oxygens (including phenoxy) is 1. The molecule has 1 aromatic heterocycles. The Morgan fingerprint density at radius 1 is 1.61 bits per heavy atom. The van der Waals surface area contributed by atoms with Crippen molar-refractivity contribution in [3.05, 3.63) is 18.3 Å². The molecule has 1 atom stereocenters. The summed E-state index contributed by atoms with van der Waals surface area (Å²) in [6, 6.07) is 4.05. The van der Waals surface area contributed by atoms with E-state index in [0.29, 0.717) is 6.61 Å². The molecule has 2 N–H and O–H groups in total. The molecular formula is C13H21N3O2. The van der Waals surface area contributed by atoms with Crippen molar-refractivity contribution in [3.8, 4) is 0 Å². The minimum absolute atomic E-state index is 0.0719.